The van der Waals surface area contributed by atoms with Crippen molar-refractivity contribution in [2.24, 2.45) is 0 Å². The molecule has 362 valence electrons. The Bertz CT molecular complexity index is 3250. The summed E-state index contributed by atoms with van der Waals surface area (Å²) in [7, 11) is -18.3. The highest BCUT2D eigenvalue weighted by Crippen LogP contribution is 2.54. The Labute approximate surface area is 389 Å². The number of methoxy groups -OCH3 is 1. The van der Waals surface area contributed by atoms with Gasteiger partial charge in [0.25, 0.3) is 40.5 Å². The van der Waals surface area contributed by atoms with Crippen LogP contribution in [0.5, 0.6) is 0 Å². The van der Waals surface area contributed by atoms with E-state index in [2.05, 4.69) is 0 Å². The zero-order valence-electron chi connectivity index (χ0n) is 37.3. The molecule has 0 saturated carbocycles. The number of hydrogen-bond donors (Lipinski definition) is 5. The summed E-state index contributed by atoms with van der Waals surface area (Å²) in [6.07, 6.45) is 10.7. The van der Waals surface area contributed by atoms with E-state index < -0.39 is 76.9 Å². The molecule has 22 heteroatoms. The maximum atomic E-state index is 12.7. The Morgan fingerprint density at radius 3 is 1.82 bits per heavy atom. The van der Waals surface area contributed by atoms with Gasteiger partial charge < -0.3 is 19.5 Å². The molecule has 0 bridgehead atoms. The molecule has 5 N–H and O–H groups in total. The number of allylic oxidation sites excluding steroid dienone is 6. The molecule has 0 saturated heterocycles. The van der Waals surface area contributed by atoms with Gasteiger partial charge in [-0.15, -0.1) is 0 Å². The lowest BCUT2D eigenvalue weighted by molar-refractivity contribution is -0.433. The van der Waals surface area contributed by atoms with Gasteiger partial charge in [-0.25, -0.2) is 0 Å². The van der Waals surface area contributed by atoms with E-state index in [0.29, 0.717) is 79.3 Å². The smallest absolute Gasteiger partial charge is 0.303 e. The second kappa shape index (κ2) is 19.3. The Hall–Kier alpha value is -4.88. The molecule has 0 radical (unpaired) electrons. The predicted octanol–water partition coefficient (Wildman–Crippen LogP) is 6.85. The Balaban J connectivity index is 1.49. The zero-order chi connectivity index (χ0) is 49.5. The average molecular weight is 1010 g/mol. The van der Waals surface area contributed by atoms with Crippen molar-refractivity contribution in [3.63, 3.8) is 0 Å². The molecule has 0 aliphatic carbocycles. The van der Waals surface area contributed by atoms with E-state index in [0.717, 1.165) is 5.71 Å². The third kappa shape index (κ3) is 10.4. The molecule has 67 heavy (non-hydrogen) atoms. The van der Waals surface area contributed by atoms with Crippen LogP contribution in [0.15, 0.2) is 104 Å². The Morgan fingerprint density at radius 1 is 0.701 bits per heavy atom. The van der Waals surface area contributed by atoms with Crippen molar-refractivity contribution in [3.05, 3.63) is 95.7 Å². The lowest BCUT2D eigenvalue weighted by Gasteiger charge is -2.31. The van der Waals surface area contributed by atoms with E-state index in [1.807, 2.05) is 49.3 Å². The van der Waals surface area contributed by atoms with Gasteiger partial charge in [-0.1, -0.05) is 30.7 Å². The van der Waals surface area contributed by atoms with E-state index >= 15 is 0 Å². The van der Waals surface area contributed by atoms with Gasteiger partial charge >= 0.3 is 5.97 Å². The summed E-state index contributed by atoms with van der Waals surface area (Å²) in [6, 6.07) is 10.0. The van der Waals surface area contributed by atoms with Crippen LogP contribution in [0.2, 0.25) is 0 Å². The molecule has 0 spiro atoms. The van der Waals surface area contributed by atoms with E-state index in [4.69, 9.17) is 9.47 Å². The van der Waals surface area contributed by atoms with Crippen LogP contribution in [0.1, 0.15) is 70.9 Å². The first-order valence-corrected chi connectivity index (χ1v) is 26.8. The number of nitrogens with zero attached hydrogens (tertiary/aromatic N) is 2. The van der Waals surface area contributed by atoms with Crippen LogP contribution in [0, 0.1) is 0 Å². The third-order valence-corrected chi connectivity index (χ3v) is 15.7. The highest BCUT2D eigenvalue weighted by molar-refractivity contribution is 7.87. The fourth-order valence-electron chi connectivity index (χ4n) is 9.30. The third-order valence-electron chi connectivity index (χ3n) is 12.3. The molecule has 1 atom stereocenters. The number of benzene rings is 4. The van der Waals surface area contributed by atoms with E-state index in [9.17, 15) is 61.8 Å². The van der Waals surface area contributed by atoms with Gasteiger partial charge in [0, 0.05) is 72.0 Å². The summed E-state index contributed by atoms with van der Waals surface area (Å²) >= 11 is 0. The Kier molecular flexibility index (Phi) is 14.8. The minimum atomic E-state index is -5.02. The van der Waals surface area contributed by atoms with E-state index in [-0.39, 0.29) is 47.6 Å². The summed E-state index contributed by atoms with van der Waals surface area (Å²) in [5.41, 5.74) is 1.77. The summed E-state index contributed by atoms with van der Waals surface area (Å²) in [4.78, 5) is 10.4. The summed E-state index contributed by atoms with van der Waals surface area (Å²) in [6.45, 7) is 9.04. The number of ether oxygens (including phenoxy) is 2. The second-order valence-corrected chi connectivity index (χ2v) is 22.6. The first kappa shape index (κ1) is 51.5. The number of carbonyl (C=O) groups is 1. The van der Waals surface area contributed by atoms with Crippen molar-refractivity contribution in [1.82, 2.24) is 0 Å². The molecule has 4 aromatic carbocycles. The zero-order valence-corrected chi connectivity index (χ0v) is 40.6. The topological polar surface area (TPSA) is 279 Å². The van der Waals surface area contributed by atoms with Crippen LogP contribution in [0.25, 0.3) is 21.5 Å². The monoisotopic (exact) mass is 1010 g/mol. The van der Waals surface area contributed by atoms with Crippen molar-refractivity contribution in [2.75, 3.05) is 44.9 Å². The number of carboxylic acid groups (broad SMARTS) is 1. The van der Waals surface area contributed by atoms with Gasteiger partial charge in [0.15, 0.2) is 5.71 Å². The molecular formula is C45H53N2O16S4+. The predicted molar refractivity (Wildman–Crippen MR) is 250 cm³/mol. The SMILES string of the molecule is CC[N+]1=C(/C=C/C=C/C=C2/N(CCCCCC(=O)O)c3ccc4c(S(=O)(=O)O)cc(S(=O)(=O)O)cc4c3C2(C)CCOCCOC)C(C)(C)c2c1ccc1c(S(=O)(=O)O)cc(S(=O)(=O)O)cc21. The molecule has 2 aliphatic rings. The number of fused-ring (bicyclic) bond motifs is 6. The number of carboxylic acids is 1. The molecule has 6 rings (SSSR count). The number of rotatable bonds is 20. The maximum absolute atomic E-state index is 12.7. The van der Waals surface area contributed by atoms with Gasteiger partial charge in [0.05, 0.1) is 28.4 Å². The largest absolute Gasteiger partial charge is 0.481 e. The van der Waals surface area contributed by atoms with Crippen molar-refractivity contribution in [1.29, 1.82) is 0 Å². The fraction of sp³-hybridized carbons (Fsp3) is 0.378. The van der Waals surface area contributed by atoms with E-state index in [1.165, 1.54) is 31.4 Å². The number of aliphatic carboxylic acids is 1. The fourth-order valence-corrected chi connectivity index (χ4v) is 12.0. The normalized spacial score (nSPS) is 18.3. The summed E-state index contributed by atoms with van der Waals surface area (Å²) < 4.78 is 154. The number of unbranched alkanes of at least 4 members (excludes halogenated alkanes) is 2. The van der Waals surface area contributed by atoms with Gasteiger partial charge in [0.1, 0.15) is 16.3 Å². The molecule has 0 fully saturated rings. The van der Waals surface area contributed by atoms with Crippen molar-refractivity contribution in [3.8, 4) is 0 Å². The molecule has 0 amide bonds. The molecule has 2 heterocycles. The number of hydrogen-bond acceptors (Lipinski definition) is 12. The highest BCUT2D eigenvalue weighted by atomic mass is 32.2. The number of anilines is 1. The van der Waals surface area contributed by atoms with Crippen LogP contribution in [0.4, 0.5) is 11.4 Å². The molecule has 1 unspecified atom stereocenters. The average Bonchev–Trinajstić information content (AvgIpc) is 3.60. The van der Waals surface area contributed by atoms with Gasteiger partial charge in [0.2, 0.25) is 5.69 Å². The summed E-state index contributed by atoms with van der Waals surface area (Å²) in [5.74, 6) is -0.932. The lowest BCUT2D eigenvalue weighted by Crippen LogP contribution is -2.30. The first-order valence-electron chi connectivity index (χ1n) is 21.1. The molecular weight excluding hydrogens is 953 g/mol. The van der Waals surface area contributed by atoms with Crippen LogP contribution in [-0.4, -0.2) is 113 Å². The van der Waals surface area contributed by atoms with Crippen molar-refractivity contribution in [2.45, 2.75) is 90.2 Å². The molecule has 4 aromatic rings. The minimum absolute atomic E-state index is 0.00943. The minimum Gasteiger partial charge on any atom is -0.481 e. The van der Waals surface area contributed by atoms with Crippen LogP contribution in [-0.2, 0) is 65.6 Å². The lowest BCUT2D eigenvalue weighted by atomic mass is 9.76. The maximum Gasteiger partial charge on any atom is 0.303 e. The quantitative estimate of drug-likeness (QED) is 0.0262. The molecule has 0 aromatic heterocycles. The van der Waals surface area contributed by atoms with Gasteiger partial charge in [-0.2, -0.15) is 38.2 Å². The van der Waals surface area contributed by atoms with Crippen molar-refractivity contribution < 1.29 is 75.8 Å². The Morgan fingerprint density at radius 2 is 1.28 bits per heavy atom. The van der Waals surface area contributed by atoms with E-state index in [1.54, 1.807) is 30.4 Å². The van der Waals surface area contributed by atoms with Crippen LogP contribution in [0.3, 0.4) is 0 Å². The molecule has 18 nitrogen and oxygen atoms in total. The van der Waals surface area contributed by atoms with Gasteiger partial charge in [-0.05, 0) is 106 Å². The van der Waals surface area contributed by atoms with Gasteiger partial charge in [-0.3, -0.25) is 23.0 Å². The first-order chi connectivity index (χ1) is 31.2. The highest BCUT2D eigenvalue weighted by Gasteiger charge is 2.47. The second-order valence-electron chi connectivity index (χ2n) is 16.9. The van der Waals surface area contributed by atoms with Crippen LogP contribution >= 0.6 is 0 Å². The standard InChI is InChI=1S/C45H52N2O16S4/c1-6-46-35-18-16-31-33(25-29(64(50,51)52)27-37(31)66(56,57)58)42(35)44(2,3)39(46)13-9-7-10-14-40-45(4,20-22-63-24-23-62-5)43-34-26-30(65(53,54)55)28-38(67(59,60)61)32(34)17-19-36(43)47(40)21-12-8-11-15-41(48)49/h7,9-10,13-14,16-19,25-28H,6,8,11-12,15,20-24H2,1-5H3,(H4-,48,49,50,51,52,53,54,55,56,57,58,59,60,61)/p+1. The van der Waals surface area contributed by atoms with Crippen molar-refractivity contribution >= 4 is 85.1 Å². The summed E-state index contributed by atoms with van der Waals surface area (Å²) in [5, 5.41) is 9.66. The molecule has 2 aliphatic heterocycles. The van der Waals surface area contributed by atoms with Crippen LogP contribution < -0.4 is 4.90 Å².